The number of aliphatic hydroxyl groups is 1. The van der Waals surface area contributed by atoms with Gasteiger partial charge in [0.25, 0.3) is 0 Å². The Hall–Kier alpha value is -5.30. The summed E-state index contributed by atoms with van der Waals surface area (Å²) < 4.78 is 56.2. The zero-order valence-corrected chi connectivity index (χ0v) is 37.8. The van der Waals surface area contributed by atoms with Crippen LogP contribution >= 0.6 is 0 Å². The van der Waals surface area contributed by atoms with Crippen molar-refractivity contribution in [1.82, 2.24) is 15.5 Å². The standard InChI is InChI=1S/C49H61N3O14/c1-6-35-27(2)22-28(3)44(60-35)66-46-37-42(65-49(57)52(37)5)41-36(61-46)23-29(4)45(64-41)63-40-34(51-48(56)59-26-31-18-12-8-13-19-31)24-33(50-47(55)58-25-30-16-10-7-11-17-30)39(38(40)53)62-43(54)32-20-14-9-15-21-32/h7-21,27-29,33-42,44-46,53H,6,22-26H2,1-5H3,(H,50,55)(H,51,56)/t27-,28?,29?,33+,34?,35?,36-,37?,38+,39?,40+,41?,42?,44+,45-,46?/m0/s1. The zero-order valence-electron chi connectivity index (χ0n) is 37.8. The molecule has 8 rings (SSSR count). The number of nitrogens with zero attached hydrogens (tertiary/aromatic N) is 1. The second-order valence-electron chi connectivity index (χ2n) is 18.1. The first-order chi connectivity index (χ1) is 31.9. The third-order valence-corrected chi connectivity index (χ3v) is 13.3. The maximum atomic E-state index is 13.7. The summed E-state index contributed by atoms with van der Waals surface area (Å²) in [6.07, 6.45) is -9.25. The molecule has 0 aromatic heterocycles. The predicted molar refractivity (Wildman–Crippen MR) is 234 cm³/mol. The van der Waals surface area contributed by atoms with Crippen molar-refractivity contribution >= 4 is 24.2 Å². The van der Waals surface area contributed by atoms with Gasteiger partial charge in [0, 0.05) is 18.9 Å². The maximum Gasteiger partial charge on any atom is 0.410 e. The molecule has 5 aliphatic rings. The molecule has 356 valence electrons. The molecule has 3 amide bonds. The van der Waals surface area contributed by atoms with E-state index in [-0.39, 0.29) is 43.1 Å². The summed E-state index contributed by atoms with van der Waals surface area (Å²) >= 11 is 0. The number of rotatable bonds is 13. The number of fused-ring (bicyclic) bond motifs is 3. The second-order valence-corrected chi connectivity index (χ2v) is 18.1. The largest absolute Gasteiger partial charge is 0.454 e. The molecule has 0 bridgehead atoms. The Kier molecular flexibility index (Phi) is 15.1. The highest BCUT2D eigenvalue weighted by atomic mass is 16.8. The minimum atomic E-state index is -1.66. The van der Waals surface area contributed by atoms with Crippen molar-refractivity contribution in [2.75, 3.05) is 7.05 Å². The maximum absolute atomic E-state index is 13.7. The van der Waals surface area contributed by atoms with E-state index >= 15 is 0 Å². The molecule has 3 N–H and O–H groups in total. The minimum absolute atomic E-state index is 0.0219. The van der Waals surface area contributed by atoms with Gasteiger partial charge in [-0.1, -0.05) is 107 Å². The Morgan fingerprint density at radius 1 is 0.682 bits per heavy atom. The number of aliphatic hydroxyl groups excluding tert-OH is 1. The molecule has 4 aliphatic heterocycles. The van der Waals surface area contributed by atoms with E-state index in [4.69, 9.17) is 42.6 Å². The van der Waals surface area contributed by atoms with Crippen molar-refractivity contribution < 1.29 is 66.9 Å². The van der Waals surface area contributed by atoms with E-state index < -0.39 is 97.9 Å². The first-order valence-corrected chi connectivity index (χ1v) is 23.0. The van der Waals surface area contributed by atoms with Gasteiger partial charge in [-0.15, -0.1) is 0 Å². The summed E-state index contributed by atoms with van der Waals surface area (Å²) in [7, 11) is 1.62. The number of likely N-dealkylation sites (N-methyl/N-ethyl adjacent to an activating group) is 1. The van der Waals surface area contributed by atoms with Crippen molar-refractivity contribution in [3.8, 4) is 0 Å². The normalized spacial score (nSPS) is 35.1. The molecule has 17 nitrogen and oxygen atoms in total. The molecule has 17 heteroatoms. The lowest BCUT2D eigenvalue weighted by atomic mass is 9.83. The molecular formula is C49H61N3O14. The lowest BCUT2D eigenvalue weighted by molar-refractivity contribution is -0.367. The lowest BCUT2D eigenvalue weighted by Gasteiger charge is -2.51. The molecule has 9 unspecified atom stereocenters. The van der Waals surface area contributed by atoms with Crippen LogP contribution in [0.3, 0.4) is 0 Å². The van der Waals surface area contributed by atoms with Crippen molar-refractivity contribution in [2.24, 2.45) is 17.8 Å². The molecule has 1 aliphatic carbocycles. The molecule has 3 aromatic rings. The number of hydrogen-bond donors (Lipinski definition) is 3. The van der Waals surface area contributed by atoms with Gasteiger partial charge in [-0.25, -0.2) is 19.2 Å². The van der Waals surface area contributed by atoms with Crippen LogP contribution in [-0.4, -0.2) is 121 Å². The SMILES string of the molecule is CCC1O[C@H](OC2O[C@H]3CC(C)[C@@H](O[C@@H]4C(NC(=O)OCc5ccccc5)C[C@@H](NC(=O)OCc5ccccc5)C(OC(=O)c5ccccc5)[C@H]4O)OC3C3OC(=O)N(C)C23)C(C)C[C@@H]1C. The Labute approximate surface area is 384 Å². The quantitative estimate of drug-likeness (QED) is 0.132. The van der Waals surface area contributed by atoms with E-state index in [1.54, 1.807) is 49.5 Å². The molecular weight excluding hydrogens is 855 g/mol. The first-order valence-electron chi connectivity index (χ1n) is 23.0. The number of ether oxygens (including phenoxy) is 9. The van der Waals surface area contributed by atoms with Gasteiger partial charge in [-0.3, -0.25) is 4.90 Å². The molecule has 3 aromatic carbocycles. The van der Waals surface area contributed by atoms with E-state index in [1.165, 1.54) is 4.90 Å². The lowest BCUT2D eigenvalue weighted by Crippen LogP contribution is -2.68. The summed E-state index contributed by atoms with van der Waals surface area (Å²) in [5.41, 5.74) is 1.70. The summed E-state index contributed by atoms with van der Waals surface area (Å²) in [6.45, 7) is 8.14. The summed E-state index contributed by atoms with van der Waals surface area (Å²) in [5.74, 6) is -0.705. The van der Waals surface area contributed by atoms with Gasteiger partial charge >= 0.3 is 24.2 Å². The topological polar surface area (TPSA) is 199 Å². The zero-order chi connectivity index (χ0) is 46.5. The average molecular weight is 916 g/mol. The number of carbonyl (C=O) groups excluding carboxylic acids is 4. The highest BCUT2D eigenvalue weighted by Gasteiger charge is 2.60. The number of esters is 1. The molecule has 16 atom stereocenters. The Morgan fingerprint density at radius 2 is 1.24 bits per heavy atom. The number of alkyl carbamates (subject to hydrolysis) is 2. The monoisotopic (exact) mass is 915 g/mol. The van der Waals surface area contributed by atoms with Crippen molar-refractivity contribution in [2.45, 2.75) is 146 Å². The van der Waals surface area contributed by atoms with Crippen LogP contribution in [0.15, 0.2) is 91.0 Å². The molecule has 4 heterocycles. The van der Waals surface area contributed by atoms with Gasteiger partial charge in [-0.05, 0) is 54.9 Å². The van der Waals surface area contributed by atoms with Gasteiger partial charge < -0.3 is 58.4 Å². The average Bonchev–Trinajstić information content (AvgIpc) is 3.62. The van der Waals surface area contributed by atoms with Gasteiger partial charge in [0.15, 0.2) is 31.1 Å². The van der Waals surface area contributed by atoms with Crippen LogP contribution < -0.4 is 10.6 Å². The van der Waals surface area contributed by atoms with Gasteiger partial charge in [-0.2, -0.15) is 0 Å². The van der Waals surface area contributed by atoms with Gasteiger partial charge in [0.1, 0.15) is 37.6 Å². The third kappa shape index (κ3) is 10.8. The Bertz CT molecular complexity index is 2100. The third-order valence-electron chi connectivity index (χ3n) is 13.3. The van der Waals surface area contributed by atoms with Crippen LogP contribution in [0.5, 0.6) is 0 Å². The van der Waals surface area contributed by atoms with Crippen molar-refractivity contribution in [1.29, 1.82) is 0 Å². The first kappa shape index (κ1) is 47.2. The van der Waals surface area contributed by atoms with Gasteiger partial charge in [0.2, 0.25) is 0 Å². The Balaban J connectivity index is 1.03. The number of benzene rings is 3. The van der Waals surface area contributed by atoms with E-state index in [9.17, 15) is 24.3 Å². The van der Waals surface area contributed by atoms with Crippen LogP contribution in [0.1, 0.15) is 74.9 Å². The minimum Gasteiger partial charge on any atom is -0.454 e. The number of hydrogen-bond acceptors (Lipinski definition) is 14. The van der Waals surface area contributed by atoms with Crippen LogP contribution in [-0.2, 0) is 55.8 Å². The predicted octanol–water partition coefficient (Wildman–Crippen LogP) is 6.06. The molecule has 66 heavy (non-hydrogen) atoms. The number of carbonyl (C=O) groups is 4. The van der Waals surface area contributed by atoms with E-state index in [2.05, 4.69) is 31.4 Å². The number of nitrogens with one attached hydrogen (secondary N) is 2. The fourth-order valence-corrected chi connectivity index (χ4v) is 9.81. The highest BCUT2D eigenvalue weighted by Crippen LogP contribution is 2.43. The van der Waals surface area contributed by atoms with Crippen molar-refractivity contribution in [3.63, 3.8) is 0 Å². The fourth-order valence-electron chi connectivity index (χ4n) is 9.81. The molecule has 5 fully saturated rings. The van der Waals surface area contributed by atoms with E-state index in [1.807, 2.05) is 55.5 Å². The Morgan fingerprint density at radius 3 is 1.85 bits per heavy atom. The summed E-state index contributed by atoms with van der Waals surface area (Å²) in [4.78, 5) is 55.3. The molecule has 0 radical (unpaired) electrons. The number of amides is 3. The van der Waals surface area contributed by atoms with Crippen LogP contribution in [0.25, 0.3) is 0 Å². The van der Waals surface area contributed by atoms with Crippen LogP contribution in [0.2, 0.25) is 0 Å². The van der Waals surface area contributed by atoms with Crippen LogP contribution in [0, 0.1) is 17.8 Å². The summed E-state index contributed by atoms with van der Waals surface area (Å²) in [6, 6.07) is 23.6. The molecule has 4 saturated heterocycles. The van der Waals surface area contributed by atoms with Crippen molar-refractivity contribution in [3.05, 3.63) is 108 Å². The van der Waals surface area contributed by atoms with Gasteiger partial charge in [0.05, 0.1) is 29.9 Å². The molecule has 0 spiro atoms. The highest BCUT2D eigenvalue weighted by molar-refractivity contribution is 5.89. The van der Waals surface area contributed by atoms with E-state index in [0.29, 0.717) is 12.3 Å². The van der Waals surface area contributed by atoms with Crippen LogP contribution in [0.4, 0.5) is 14.4 Å². The fraction of sp³-hybridized carbons (Fsp3) is 0.551. The molecule has 1 saturated carbocycles. The summed E-state index contributed by atoms with van der Waals surface area (Å²) in [5, 5.41) is 18.0. The van der Waals surface area contributed by atoms with E-state index in [0.717, 1.165) is 24.0 Å². The second kappa shape index (κ2) is 21.1. The smallest absolute Gasteiger partial charge is 0.410 e.